The molecule has 1 saturated heterocycles. The van der Waals surface area contributed by atoms with E-state index in [1.165, 1.54) is 5.56 Å². The molecule has 1 aromatic carbocycles. The van der Waals surface area contributed by atoms with Crippen LogP contribution in [0.1, 0.15) is 11.6 Å². The molecule has 1 heterocycles. The van der Waals surface area contributed by atoms with Crippen molar-refractivity contribution in [3.05, 3.63) is 55.1 Å². The largest absolute Gasteiger partial charge is 0.496 e. The molecule has 1 aliphatic heterocycles. The lowest BCUT2D eigenvalue weighted by Gasteiger charge is -2.37. The van der Waals surface area contributed by atoms with Crippen LogP contribution in [0.2, 0.25) is 0 Å². The van der Waals surface area contributed by atoms with E-state index >= 15 is 0 Å². The summed E-state index contributed by atoms with van der Waals surface area (Å²) in [5, 5.41) is 3.42. The summed E-state index contributed by atoms with van der Waals surface area (Å²) >= 11 is 0. The smallest absolute Gasteiger partial charge is 0.123 e. The van der Waals surface area contributed by atoms with Crippen molar-refractivity contribution in [1.82, 2.24) is 15.1 Å². The molecule has 0 spiro atoms. The number of nitrogens with zero attached hydrogens (tertiary/aromatic N) is 2. The van der Waals surface area contributed by atoms with Crippen LogP contribution >= 0.6 is 0 Å². The van der Waals surface area contributed by atoms with Gasteiger partial charge in [0.15, 0.2) is 0 Å². The van der Waals surface area contributed by atoms with Gasteiger partial charge in [0.2, 0.25) is 0 Å². The Labute approximate surface area is 140 Å². The van der Waals surface area contributed by atoms with Crippen molar-refractivity contribution in [3.63, 3.8) is 0 Å². The summed E-state index contributed by atoms with van der Waals surface area (Å²) in [6.45, 7) is 14.8. The molecule has 2 rings (SSSR count). The van der Waals surface area contributed by atoms with Gasteiger partial charge in [0.1, 0.15) is 5.75 Å². The number of hydrogen-bond acceptors (Lipinski definition) is 4. The molecule has 0 saturated carbocycles. The molecule has 1 atom stereocenters. The Balaban J connectivity index is 2.27. The third-order valence-electron chi connectivity index (χ3n) is 4.31. The molecule has 0 radical (unpaired) electrons. The van der Waals surface area contributed by atoms with Crippen molar-refractivity contribution in [2.45, 2.75) is 6.04 Å². The number of ether oxygens (including phenoxy) is 1. The Morgan fingerprint density at radius 1 is 1.22 bits per heavy atom. The maximum Gasteiger partial charge on any atom is 0.123 e. The SMILES string of the molecule is C=CCN(CC=C)C(CN1CCNCC1)c1ccccc1OC. The fourth-order valence-corrected chi connectivity index (χ4v) is 3.15. The lowest BCUT2D eigenvalue weighted by Crippen LogP contribution is -2.47. The molecule has 1 aromatic rings. The predicted octanol–water partition coefficient (Wildman–Crippen LogP) is 2.32. The number of benzene rings is 1. The summed E-state index contributed by atoms with van der Waals surface area (Å²) < 4.78 is 5.61. The second kappa shape index (κ2) is 9.50. The highest BCUT2D eigenvalue weighted by Crippen LogP contribution is 2.30. The first-order valence-electron chi connectivity index (χ1n) is 8.32. The Bertz CT molecular complexity index is 487. The van der Waals surface area contributed by atoms with Crippen LogP contribution in [0.25, 0.3) is 0 Å². The van der Waals surface area contributed by atoms with E-state index in [0.717, 1.165) is 51.6 Å². The first-order chi connectivity index (χ1) is 11.3. The zero-order valence-electron chi connectivity index (χ0n) is 14.2. The zero-order valence-corrected chi connectivity index (χ0v) is 14.2. The average molecular weight is 315 g/mol. The molecule has 4 nitrogen and oxygen atoms in total. The van der Waals surface area contributed by atoms with Gasteiger partial charge in [0.05, 0.1) is 13.2 Å². The molecule has 1 aliphatic rings. The highest BCUT2D eigenvalue weighted by Gasteiger charge is 2.25. The molecule has 1 fully saturated rings. The van der Waals surface area contributed by atoms with Crippen molar-refractivity contribution >= 4 is 0 Å². The minimum absolute atomic E-state index is 0.264. The summed E-state index contributed by atoms with van der Waals surface area (Å²) in [6.07, 6.45) is 3.92. The number of piperazine rings is 1. The lowest BCUT2D eigenvalue weighted by molar-refractivity contribution is 0.146. The van der Waals surface area contributed by atoms with Gasteiger partial charge in [-0.05, 0) is 6.07 Å². The van der Waals surface area contributed by atoms with Crippen molar-refractivity contribution in [2.75, 3.05) is 52.9 Å². The number of methoxy groups -OCH3 is 1. The van der Waals surface area contributed by atoms with Gasteiger partial charge in [-0.1, -0.05) is 30.4 Å². The van der Waals surface area contributed by atoms with E-state index in [-0.39, 0.29) is 6.04 Å². The van der Waals surface area contributed by atoms with Gasteiger partial charge in [0, 0.05) is 51.4 Å². The average Bonchev–Trinajstić information content (AvgIpc) is 2.60. The number of hydrogen-bond donors (Lipinski definition) is 1. The molecule has 126 valence electrons. The Kier molecular flexibility index (Phi) is 7.33. The minimum atomic E-state index is 0.264. The maximum absolute atomic E-state index is 5.61. The van der Waals surface area contributed by atoms with Gasteiger partial charge in [-0.25, -0.2) is 0 Å². The van der Waals surface area contributed by atoms with Crippen LogP contribution in [0.3, 0.4) is 0 Å². The second-order valence-electron chi connectivity index (χ2n) is 5.84. The van der Waals surface area contributed by atoms with Crippen molar-refractivity contribution < 1.29 is 4.74 Å². The van der Waals surface area contributed by atoms with Crippen molar-refractivity contribution in [1.29, 1.82) is 0 Å². The quantitative estimate of drug-likeness (QED) is 0.708. The molecule has 0 aromatic heterocycles. The van der Waals surface area contributed by atoms with Gasteiger partial charge in [0.25, 0.3) is 0 Å². The highest BCUT2D eigenvalue weighted by atomic mass is 16.5. The standard InChI is InChI=1S/C19H29N3O/c1-4-12-22(13-5-2)18(16-21-14-10-20-11-15-21)17-8-6-7-9-19(17)23-3/h4-9,18,20H,1-2,10-16H2,3H3. The summed E-state index contributed by atoms with van der Waals surface area (Å²) in [6, 6.07) is 8.59. The van der Waals surface area contributed by atoms with Crippen molar-refractivity contribution in [3.8, 4) is 5.75 Å². The summed E-state index contributed by atoms with van der Waals surface area (Å²) in [4.78, 5) is 4.92. The van der Waals surface area contributed by atoms with E-state index in [2.05, 4.69) is 40.4 Å². The predicted molar refractivity (Wildman–Crippen MR) is 97.0 cm³/mol. The van der Waals surface area contributed by atoms with E-state index in [1.54, 1.807) is 7.11 Å². The van der Waals surface area contributed by atoms with Crippen LogP contribution in [0, 0.1) is 0 Å². The Hall–Kier alpha value is -1.62. The number of para-hydroxylation sites is 1. The molecule has 1 N–H and O–H groups in total. The molecule has 0 aliphatic carbocycles. The second-order valence-corrected chi connectivity index (χ2v) is 5.84. The molecular formula is C19H29N3O. The van der Waals surface area contributed by atoms with Crippen LogP contribution in [-0.4, -0.2) is 62.7 Å². The minimum Gasteiger partial charge on any atom is -0.496 e. The fraction of sp³-hybridized carbons (Fsp3) is 0.474. The van der Waals surface area contributed by atoms with Crippen LogP contribution in [0.4, 0.5) is 0 Å². The normalized spacial score (nSPS) is 17.0. The number of nitrogens with one attached hydrogen (secondary N) is 1. The van der Waals surface area contributed by atoms with Crippen LogP contribution < -0.4 is 10.1 Å². The summed E-state index contributed by atoms with van der Waals surface area (Å²) in [5.74, 6) is 0.950. The molecule has 4 heteroatoms. The molecule has 1 unspecified atom stereocenters. The zero-order chi connectivity index (χ0) is 16.5. The van der Waals surface area contributed by atoms with Gasteiger partial charge in [-0.3, -0.25) is 9.80 Å². The van der Waals surface area contributed by atoms with E-state index in [4.69, 9.17) is 4.74 Å². The van der Waals surface area contributed by atoms with E-state index < -0.39 is 0 Å². The molecule has 0 bridgehead atoms. The summed E-state index contributed by atoms with van der Waals surface area (Å²) in [7, 11) is 1.74. The van der Waals surface area contributed by atoms with Gasteiger partial charge in [-0.15, -0.1) is 13.2 Å². The van der Waals surface area contributed by atoms with E-state index in [9.17, 15) is 0 Å². The van der Waals surface area contributed by atoms with Gasteiger partial charge in [-0.2, -0.15) is 0 Å². The van der Waals surface area contributed by atoms with Crippen LogP contribution in [0.15, 0.2) is 49.6 Å². The fourth-order valence-electron chi connectivity index (χ4n) is 3.15. The first kappa shape index (κ1) is 17.7. The van der Waals surface area contributed by atoms with E-state index in [1.807, 2.05) is 24.3 Å². The number of rotatable bonds is 9. The van der Waals surface area contributed by atoms with Crippen molar-refractivity contribution in [2.24, 2.45) is 0 Å². The monoisotopic (exact) mass is 315 g/mol. The highest BCUT2D eigenvalue weighted by molar-refractivity contribution is 5.36. The summed E-state index contributed by atoms with van der Waals surface area (Å²) in [5.41, 5.74) is 1.23. The van der Waals surface area contributed by atoms with Gasteiger partial charge >= 0.3 is 0 Å². The lowest BCUT2D eigenvalue weighted by atomic mass is 10.0. The van der Waals surface area contributed by atoms with Crippen LogP contribution in [-0.2, 0) is 0 Å². The molecule has 23 heavy (non-hydrogen) atoms. The van der Waals surface area contributed by atoms with E-state index in [0.29, 0.717) is 0 Å². The first-order valence-corrected chi connectivity index (χ1v) is 8.32. The van der Waals surface area contributed by atoms with Crippen LogP contribution in [0.5, 0.6) is 5.75 Å². The Morgan fingerprint density at radius 3 is 2.48 bits per heavy atom. The topological polar surface area (TPSA) is 27.7 Å². The van der Waals surface area contributed by atoms with Gasteiger partial charge < -0.3 is 10.1 Å². The molecular weight excluding hydrogens is 286 g/mol. The maximum atomic E-state index is 5.61. The third kappa shape index (κ3) is 4.93. The third-order valence-corrected chi connectivity index (χ3v) is 4.31. The molecule has 0 amide bonds. The Morgan fingerprint density at radius 2 is 1.87 bits per heavy atom.